The summed E-state index contributed by atoms with van der Waals surface area (Å²) in [5.41, 5.74) is 0.354. The van der Waals surface area contributed by atoms with Gasteiger partial charge in [0.15, 0.2) is 5.78 Å². The summed E-state index contributed by atoms with van der Waals surface area (Å²) in [5, 5.41) is 12.3. The number of alkyl halides is 6. The molecular formula is C35H42F6IrNO2-. The van der Waals surface area contributed by atoms with Crippen molar-refractivity contribution in [1.82, 2.24) is 4.98 Å². The number of nitrogens with zero attached hydrogens (tertiary/aromatic N) is 1. The molecule has 0 aliphatic carbocycles. The first kappa shape index (κ1) is 40.3. The van der Waals surface area contributed by atoms with Crippen molar-refractivity contribution in [2.24, 2.45) is 10.8 Å². The minimum Gasteiger partial charge on any atom is -0.511 e. The van der Waals surface area contributed by atoms with Gasteiger partial charge >= 0.3 is 12.4 Å². The smallest absolute Gasteiger partial charge is 0.401 e. The predicted molar refractivity (Wildman–Crippen MR) is 163 cm³/mol. The maximum atomic E-state index is 13.2. The number of halogens is 6. The molecule has 1 radical (unpaired) electrons. The number of hydrogen-bond acceptors (Lipinski definition) is 3. The molecule has 0 amide bonds. The molecule has 251 valence electrons. The van der Waals surface area contributed by atoms with E-state index in [0.717, 1.165) is 44.5 Å². The Morgan fingerprint density at radius 3 is 1.84 bits per heavy atom. The zero-order valence-electron chi connectivity index (χ0n) is 26.9. The van der Waals surface area contributed by atoms with E-state index < -0.39 is 60.4 Å². The molecule has 1 aromatic heterocycles. The molecule has 0 aliphatic heterocycles. The molecule has 0 saturated carbocycles. The van der Waals surface area contributed by atoms with Crippen molar-refractivity contribution in [3.8, 4) is 11.3 Å². The molecule has 0 saturated heterocycles. The summed E-state index contributed by atoms with van der Waals surface area (Å²) in [6.45, 7) is 13.2. The van der Waals surface area contributed by atoms with E-state index >= 15 is 0 Å². The predicted octanol–water partition coefficient (Wildman–Crippen LogP) is 11.2. The Morgan fingerprint density at radius 2 is 1.40 bits per heavy atom. The van der Waals surface area contributed by atoms with Crippen LogP contribution in [-0.2, 0) is 24.9 Å². The van der Waals surface area contributed by atoms with Crippen LogP contribution in [0.1, 0.15) is 89.8 Å². The fraction of sp³-hybridized carbons (Fsp3) is 0.486. The van der Waals surface area contributed by atoms with Crippen molar-refractivity contribution in [2.75, 3.05) is 0 Å². The number of carbonyl (C=O) groups is 1. The third kappa shape index (κ3) is 8.56. The van der Waals surface area contributed by atoms with Crippen LogP contribution in [0.15, 0.2) is 54.4 Å². The number of fused-ring (bicyclic) bond motifs is 1. The van der Waals surface area contributed by atoms with Gasteiger partial charge in [0.05, 0.1) is 0 Å². The largest absolute Gasteiger partial charge is 0.511 e. The van der Waals surface area contributed by atoms with Crippen LogP contribution in [0.3, 0.4) is 0 Å². The Labute approximate surface area is 275 Å². The van der Waals surface area contributed by atoms with Crippen molar-refractivity contribution in [1.29, 1.82) is 0 Å². The Kier molecular flexibility index (Phi) is 14.1. The number of ketones is 1. The SMILES string of the molecule is CCC(CC)(C(=O)/C=C(\O)C(CC)(CC)C(F)(F)F)C(F)(F)F.Cc1[c-]c(-c2nccc3ccc(C(C)C)cc23)cc(C)c1.[Ir]. The summed E-state index contributed by atoms with van der Waals surface area (Å²) in [6.07, 6.45) is -10.2. The molecule has 10 heteroatoms. The first-order valence-corrected chi connectivity index (χ1v) is 14.8. The fourth-order valence-electron chi connectivity index (χ4n) is 5.48. The maximum absolute atomic E-state index is 13.2. The summed E-state index contributed by atoms with van der Waals surface area (Å²) in [7, 11) is 0. The molecule has 3 rings (SSSR count). The first-order chi connectivity index (χ1) is 20.3. The van der Waals surface area contributed by atoms with E-state index in [1.165, 1.54) is 21.9 Å². The number of hydrogen-bond donors (Lipinski definition) is 1. The monoisotopic (exact) mass is 815 g/mol. The van der Waals surface area contributed by atoms with Crippen LogP contribution < -0.4 is 0 Å². The molecule has 3 nitrogen and oxygen atoms in total. The molecule has 1 N–H and O–H groups in total. The van der Waals surface area contributed by atoms with E-state index in [2.05, 4.69) is 75.1 Å². The van der Waals surface area contributed by atoms with E-state index in [4.69, 9.17) is 0 Å². The van der Waals surface area contributed by atoms with Crippen molar-refractivity contribution >= 4 is 16.6 Å². The number of benzene rings is 2. The summed E-state index contributed by atoms with van der Waals surface area (Å²) in [4.78, 5) is 16.7. The van der Waals surface area contributed by atoms with Gasteiger partial charge in [-0.05, 0) is 59.7 Å². The number of aromatic nitrogens is 1. The number of carbonyl (C=O) groups excluding carboxylic acids is 1. The van der Waals surface area contributed by atoms with Gasteiger partial charge in [0, 0.05) is 32.4 Å². The fourth-order valence-corrected chi connectivity index (χ4v) is 5.48. The van der Waals surface area contributed by atoms with Gasteiger partial charge in [0.25, 0.3) is 0 Å². The Morgan fingerprint density at radius 1 is 0.867 bits per heavy atom. The van der Waals surface area contributed by atoms with Gasteiger partial charge in [-0.3, -0.25) is 4.79 Å². The molecule has 0 spiro atoms. The zero-order chi connectivity index (χ0) is 33.7. The van der Waals surface area contributed by atoms with Gasteiger partial charge in [-0.25, -0.2) is 0 Å². The second kappa shape index (κ2) is 15.7. The minimum absolute atomic E-state index is 0. The number of aliphatic hydroxyl groups excluding tert-OH is 1. The third-order valence-electron chi connectivity index (χ3n) is 8.59. The molecule has 1 heterocycles. The Balaban J connectivity index is 0.000000441. The van der Waals surface area contributed by atoms with Gasteiger partial charge in [-0.2, -0.15) is 26.3 Å². The molecule has 0 atom stereocenters. The van der Waals surface area contributed by atoms with Gasteiger partial charge in [-0.1, -0.05) is 73.6 Å². The molecule has 0 fully saturated rings. The van der Waals surface area contributed by atoms with Crippen LogP contribution in [-0.4, -0.2) is 28.2 Å². The summed E-state index contributed by atoms with van der Waals surface area (Å²) < 4.78 is 79.4. The minimum atomic E-state index is -4.91. The van der Waals surface area contributed by atoms with E-state index in [9.17, 15) is 36.2 Å². The van der Waals surface area contributed by atoms with Crippen LogP contribution >= 0.6 is 0 Å². The summed E-state index contributed by atoms with van der Waals surface area (Å²) in [5.74, 6) is -2.40. The second-order valence-corrected chi connectivity index (χ2v) is 11.5. The summed E-state index contributed by atoms with van der Waals surface area (Å²) in [6, 6.07) is 16.5. The molecular weight excluding hydrogens is 773 g/mol. The van der Waals surface area contributed by atoms with E-state index in [1.54, 1.807) is 0 Å². The molecule has 3 aromatic rings. The van der Waals surface area contributed by atoms with Gasteiger partial charge in [-0.15, -0.1) is 34.9 Å². The standard InChI is InChI=1S/C20H20N.C15H22F6O2.Ir/c1-13(2)17-6-5-16-7-8-21-20(19(16)12-17)18-10-14(3)9-15(4)11-18;1-5-12(6-2,14(16,17)18)10(22)9-11(23)13(7-3,8-4)15(19,20)21;/h5-10,12-13H,1-4H3;9,22H,5-8H2,1-4H3;/q-1;;/b;10-9-;. The van der Waals surface area contributed by atoms with Crippen LogP contribution in [0.5, 0.6) is 0 Å². The normalized spacial score (nSPS) is 12.9. The van der Waals surface area contributed by atoms with Crippen molar-refractivity contribution in [3.05, 3.63) is 77.2 Å². The molecule has 0 unspecified atom stereocenters. The maximum Gasteiger partial charge on any atom is 0.401 e. The molecule has 0 aliphatic rings. The van der Waals surface area contributed by atoms with E-state index in [0.29, 0.717) is 5.92 Å². The van der Waals surface area contributed by atoms with Crippen molar-refractivity contribution < 1.29 is 56.3 Å². The van der Waals surface area contributed by atoms with Crippen LogP contribution in [0, 0.1) is 30.7 Å². The van der Waals surface area contributed by atoms with Gasteiger partial charge in [0.1, 0.15) is 16.6 Å². The Hall–Kier alpha value is -2.71. The van der Waals surface area contributed by atoms with Gasteiger partial charge in [0.2, 0.25) is 0 Å². The van der Waals surface area contributed by atoms with Gasteiger partial charge < -0.3 is 10.1 Å². The molecule has 45 heavy (non-hydrogen) atoms. The number of allylic oxidation sites excluding steroid dienone is 2. The second-order valence-electron chi connectivity index (χ2n) is 11.5. The third-order valence-corrected chi connectivity index (χ3v) is 8.59. The van der Waals surface area contributed by atoms with Crippen LogP contribution in [0.2, 0.25) is 0 Å². The van der Waals surface area contributed by atoms with Crippen LogP contribution in [0.25, 0.3) is 22.0 Å². The summed E-state index contributed by atoms with van der Waals surface area (Å²) >= 11 is 0. The number of rotatable bonds is 9. The van der Waals surface area contributed by atoms with Crippen molar-refractivity contribution in [3.63, 3.8) is 0 Å². The molecule has 0 bridgehead atoms. The first-order valence-electron chi connectivity index (χ1n) is 14.8. The number of aryl methyl sites for hydroxylation is 2. The number of pyridine rings is 1. The quantitative estimate of drug-likeness (QED) is 0.101. The average Bonchev–Trinajstić information content (AvgIpc) is 2.92. The number of aliphatic hydroxyl groups is 1. The van der Waals surface area contributed by atoms with E-state index in [1.807, 2.05) is 6.20 Å². The van der Waals surface area contributed by atoms with E-state index in [-0.39, 0.29) is 26.2 Å². The Bertz CT molecular complexity index is 1450. The van der Waals surface area contributed by atoms with Crippen LogP contribution in [0.4, 0.5) is 26.3 Å². The topological polar surface area (TPSA) is 50.2 Å². The molecule has 2 aromatic carbocycles. The average molecular weight is 815 g/mol. The zero-order valence-corrected chi connectivity index (χ0v) is 29.3. The van der Waals surface area contributed by atoms with Crippen molar-refractivity contribution in [2.45, 2.75) is 99.3 Å².